The van der Waals surface area contributed by atoms with E-state index in [1.807, 2.05) is 61.5 Å². The van der Waals surface area contributed by atoms with Gasteiger partial charge in [0.1, 0.15) is 11.5 Å². The molecule has 2 aromatic carbocycles. The van der Waals surface area contributed by atoms with Crippen molar-refractivity contribution >= 4 is 5.91 Å². The van der Waals surface area contributed by atoms with E-state index in [1.54, 1.807) is 7.11 Å². The van der Waals surface area contributed by atoms with Crippen molar-refractivity contribution in [1.29, 1.82) is 0 Å². The maximum atomic E-state index is 12.1. The van der Waals surface area contributed by atoms with E-state index in [1.165, 1.54) is 0 Å². The summed E-state index contributed by atoms with van der Waals surface area (Å²) in [6.07, 6.45) is 0.933. The molecule has 0 aliphatic rings. The summed E-state index contributed by atoms with van der Waals surface area (Å²) < 4.78 is 16.0. The van der Waals surface area contributed by atoms with Gasteiger partial charge >= 0.3 is 0 Å². The number of aromatic nitrogens is 1. The first-order chi connectivity index (χ1) is 13.7. The summed E-state index contributed by atoms with van der Waals surface area (Å²) in [5.41, 5.74) is 2.64. The van der Waals surface area contributed by atoms with Gasteiger partial charge in [-0.1, -0.05) is 29.4 Å². The molecule has 1 N–H and O–H groups in total. The van der Waals surface area contributed by atoms with E-state index in [0.717, 1.165) is 28.3 Å². The molecule has 0 aliphatic heterocycles. The summed E-state index contributed by atoms with van der Waals surface area (Å²) in [7, 11) is 1.63. The number of ether oxygens (including phenoxy) is 2. The van der Waals surface area contributed by atoms with Gasteiger partial charge in [0.2, 0.25) is 5.91 Å². The van der Waals surface area contributed by atoms with Crippen LogP contribution in [0.5, 0.6) is 11.5 Å². The van der Waals surface area contributed by atoms with Crippen LogP contribution >= 0.6 is 0 Å². The molecule has 0 unspecified atom stereocenters. The Balaban J connectivity index is 1.47. The van der Waals surface area contributed by atoms with Crippen LogP contribution in [0.25, 0.3) is 11.3 Å². The minimum Gasteiger partial charge on any atom is -0.497 e. The van der Waals surface area contributed by atoms with Crippen molar-refractivity contribution in [3.63, 3.8) is 0 Å². The largest absolute Gasteiger partial charge is 0.497 e. The molecule has 1 aromatic heterocycles. The molecule has 0 saturated heterocycles. The van der Waals surface area contributed by atoms with E-state index < -0.39 is 0 Å². The number of nitrogens with zero attached hydrogens (tertiary/aromatic N) is 1. The highest BCUT2D eigenvalue weighted by Crippen LogP contribution is 2.24. The van der Waals surface area contributed by atoms with E-state index >= 15 is 0 Å². The van der Waals surface area contributed by atoms with Crippen molar-refractivity contribution in [2.45, 2.75) is 19.8 Å². The second kappa shape index (κ2) is 9.60. The molecule has 0 radical (unpaired) electrons. The number of amides is 1. The van der Waals surface area contributed by atoms with Crippen LogP contribution in [-0.4, -0.2) is 31.3 Å². The summed E-state index contributed by atoms with van der Waals surface area (Å²) in [4.78, 5) is 12.1. The van der Waals surface area contributed by atoms with Crippen LogP contribution in [-0.2, 0) is 17.6 Å². The maximum Gasteiger partial charge on any atom is 0.224 e. The molecule has 0 aliphatic carbocycles. The van der Waals surface area contributed by atoms with Gasteiger partial charge in [-0.05, 0) is 36.8 Å². The van der Waals surface area contributed by atoms with Crippen LogP contribution in [0.1, 0.15) is 18.2 Å². The lowest BCUT2D eigenvalue weighted by molar-refractivity contribution is -0.120. The molecule has 0 fully saturated rings. The Bertz CT molecular complexity index is 903. The second-order valence-electron chi connectivity index (χ2n) is 6.27. The molecule has 0 bridgehead atoms. The summed E-state index contributed by atoms with van der Waals surface area (Å²) >= 11 is 0. The molecule has 1 amide bonds. The molecule has 0 saturated carbocycles. The van der Waals surface area contributed by atoms with Crippen molar-refractivity contribution in [2.75, 3.05) is 20.3 Å². The van der Waals surface area contributed by atoms with Gasteiger partial charge in [0.15, 0.2) is 5.76 Å². The lowest BCUT2D eigenvalue weighted by Gasteiger charge is -2.06. The topological polar surface area (TPSA) is 73.6 Å². The van der Waals surface area contributed by atoms with Crippen molar-refractivity contribution in [3.8, 4) is 22.8 Å². The van der Waals surface area contributed by atoms with E-state index in [9.17, 15) is 4.79 Å². The summed E-state index contributed by atoms with van der Waals surface area (Å²) in [5.74, 6) is 2.22. The van der Waals surface area contributed by atoms with Gasteiger partial charge in [0, 0.05) is 24.6 Å². The summed E-state index contributed by atoms with van der Waals surface area (Å²) in [5, 5.41) is 6.99. The average molecular weight is 380 g/mol. The molecule has 1 heterocycles. The molecule has 3 rings (SSSR count). The molecule has 6 nitrogen and oxygen atoms in total. The fourth-order valence-electron chi connectivity index (χ4n) is 2.79. The predicted octanol–water partition coefficient (Wildman–Crippen LogP) is 3.65. The smallest absolute Gasteiger partial charge is 0.224 e. The summed E-state index contributed by atoms with van der Waals surface area (Å²) in [6.45, 7) is 3.07. The number of hydrogen-bond donors (Lipinski definition) is 1. The Morgan fingerprint density at radius 2 is 1.93 bits per heavy atom. The van der Waals surface area contributed by atoms with Crippen molar-refractivity contribution in [3.05, 3.63) is 65.9 Å². The third-order valence-corrected chi connectivity index (χ3v) is 4.22. The van der Waals surface area contributed by atoms with Gasteiger partial charge in [-0.3, -0.25) is 4.79 Å². The van der Waals surface area contributed by atoms with Crippen LogP contribution in [0.3, 0.4) is 0 Å². The number of hydrogen-bond acceptors (Lipinski definition) is 5. The first-order valence-electron chi connectivity index (χ1n) is 9.26. The van der Waals surface area contributed by atoms with Crippen molar-refractivity contribution in [2.24, 2.45) is 0 Å². The van der Waals surface area contributed by atoms with Crippen LogP contribution in [0, 0.1) is 0 Å². The van der Waals surface area contributed by atoms with Gasteiger partial charge in [0.05, 0.1) is 25.8 Å². The Morgan fingerprint density at radius 3 is 2.68 bits per heavy atom. The Labute approximate surface area is 164 Å². The highest BCUT2D eigenvalue weighted by Gasteiger charge is 2.09. The number of rotatable bonds is 9. The van der Waals surface area contributed by atoms with Gasteiger partial charge < -0.3 is 19.3 Å². The molecular formula is C22H24N2O4. The maximum absolute atomic E-state index is 12.1. The quantitative estimate of drug-likeness (QED) is 0.613. The normalized spacial score (nSPS) is 10.5. The zero-order valence-corrected chi connectivity index (χ0v) is 16.1. The van der Waals surface area contributed by atoms with E-state index in [4.69, 9.17) is 14.0 Å². The predicted molar refractivity (Wildman–Crippen MR) is 107 cm³/mol. The number of benzene rings is 2. The highest BCUT2D eigenvalue weighted by molar-refractivity contribution is 5.78. The molecule has 28 heavy (non-hydrogen) atoms. The molecule has 146 valence electrons. The van der Waals surface area contributed by atoms with Crippen LogP contribution < -0.4 is 14.8 Å². The van der Waals surface area contributed by atoms with Crippen LogP contribution in [0.15, 0.2) is 59.1 Å². The van der Waals surface area contributed by atoms with E-state index in [2.05, 4.69) is 10.5 Å². The van der Waals surface area contributed by atoms with Crippen molar-refractivity contribution < 1.29 is 18.8 Å². The summed E-state index contributed by atoms with van der Waals surface area (Å²) in [6, 6.07) is 17.0. The van der Waals surface area contributed by atoms with Gasteiger partial charge in [0.25, 0.3) is 0 Å². The van der Waals surface area contributed by atoms with Gasteiger partial charge in [-0.25, -0.2) is 0 Å². The Hall–Kier alpha value is -3.28. The van der Waals surface area contributed by atoms with E-state index in [-0.39, 0.29) is 5.91 Å². The fourth-order valence-corrected chi connectivity index (χ4v) is 2.79. The van der Waals surface area contributed by atoms with Crippen molar-refractivity contribution in [1.82, 2.24) is 10.5 Å². The third-order valence-electron chi connectivity index (χ3n) is 4.22. The van der Waals surface area contributed by atoms with E-state index in [0.29, 0.717) is 31.8 Å². The number of carbonyl (C=O) groups is 1. The monoisotopic (exact) mass is 380 g/mol. The highest BCUT2D eigenvalue weighted by atomic mass is 16.5. The molecule has 0 spiro atoms. The zero-order chi connectivity index (χ0) is 19.8. The number of methoxy groups -OCH3 is 1. The second-order valence-corrected chi connectivity index (χ2v) is 6.27. The first-order valence-corrected chi connectivity index (χ1v) is 9.26. The lowest BCUT2D eigenvalue weighted by Crippen LogP contribution is -2.27. The molecule has 3 aromatic rings. The molecule has 0 atom stereocenters. The average Bonchev–Trinajstić information content (AvgIpc) is 3.19. The third kappa shape index (κ3) is 5.36. The van der Waals surface area contributed by atoms with Gasteiger partial charge in [-0.15, -0.1) is 0 Å². The fraction of sp³-hybridized carbons (Fsp3) is 0.273. The standard InChI is InChI=1S/C22H24N2O4/c1-3-27-19-9-7-16(8-10-19)13-22(25)23-12-11-18-15-21(28-24-18)17-5-4-6-20(14-17)26-2/h4-10,14-15H,3,11-13H2,1-2H3,(H,23,25). The Kier molecular flexibility index (Phi) is 6.68. The van der Waals surface area contributed by atoms with Crippen LogP contribution in [0.2, 0.25) is 0 Å². The minimum absolute atomic E-state index is 0.0272. The van der Waals surface area contributed by atoms with Gasteiger partial charge in [-0.2, -0.15) is 0 Å². The molecular weight excluding hydrogens is 356 g/mol. The van der Waals surface area contributed by atoms with Crippen LogP contribution in [0.4, 0.5) is 0 Å². The zero-order valence-electron chi connectivity index (χ0n) is 16.1. The number of nitrogens with one attached hydrogen (secondary N) is 1. The lowest BCUT2D eigenvalue weighted by atomic mass is 10.1. The first kappa shape index (κ1) is 19.5. The molecule has 6 heteroatoms. The minimum atomic E-state index is -0.0272. The SMILES string of the molecule is CCOc1ccc(CC(=O)NCCc2cc(-c3cccc(OC)c3)on2)cc1. The number of carbonyl (C=O) groups excluding carboxylic acids is 1. The Morgan fingerprint density at radius 1 is 1.11 bits per heavy atom.